The van der Waals surface area contributed by atoms with Gasteiger partial charge in [0.1, 0.15) is 5.82 Å². The monoisotopic (exact) mass is 532 g/mol. The third kappa shape index (κ3) is 4.01. The van der Waals surface area contributed by atoms with Crippen LogP contribution in [0.1, 0.15) is 23.2 Å². The van der Waals surface area contributed by atoms with Crippen LogP contribution < -0.4 is 9.86 Å². The minimum atomic E-state index is -4.46. The van der Waals surface area contributed by atoms with Gasteiger partial charge in [-0.25, -0.2) is 21.5 Å². The number of pyridine rings is 1. The van der Waals surface area contributed by atoms with E-state index in [0.29, 0.717) is 27.2 Å². The van der Waals surface area contributed by atoms with E-state index in [9.17, 15) is 22.0 Å². The van der Waals surface area contributed by atoms with Crippen LogP contribution in [0.3, 0.4) is 0 Å². The van der Waals surface area contributed by atoms with Crippen LogP contribution in [0, 0.1) is 11.6 Å². The molecule has 0 aliphatic carbocycles. The molecule has 0 amide bonds. The molecule has 1 aliphatic heterocycles. The maximum Gasteiger partial charge on any atom is 0.266 e. The maximum absolute atomic E-state index is 14.1. The summed E-state index contributed by atoms with van der Waals surface area (Å²) < 4.78 is 58.0. The van der Waals surface area contributed by atoms with Gasteiger partial charge in [-0.05, 0) is 59.7 Å². The maximum atomic E-state index is 14.1. The molecule has 35 heavy (non-hydrogen) atoms. The average molecular weight is 533 g/mol. The number of rotatable bonds is 4. The quantitative estimate of drug-likeness (QED) is 0.325. The zero-order chi connectivity index (χ0) is 24.9. The van der Waals surface area contributed by atoms with Crippen LogP contribution in [0.2, 0.25) is 10.0 Å². The van der Waals surface area contributed by atoms with Gasteiger partial charge in [-0.2, -0.15) is 0 Å². The van der Waals surface area contributed by atoms with Crippen molar-refractivity contribution in [1.82, 2.24) is 4.57 Å². The van der Waals surface area contributed by atoms with Gasteiger partial charge in [-0.3, -0.25) is 9.36 Å². The van der Waals surface area contributed by atoms with Crippen LogP contribution >= 0.6 is 23.2 Å². The molecule has 0 fully saturated rings. The van der Waals surface area contributed by atoms with Crippen LogP contribution in [-0.4, -0.2) is 13.0 Å². The van der Waals surface area contributed by atoms with E-state index in [0.717, 1.165) is 16.4 Å². The normalized spacial score (nSPS) is 17.4. The fraction of sp³-hybridized carbons (Fsp3) is 0.0800. The minimum Gasteiger partial charge on any atom is -0.284 e. The number of sulfonamides is 1. The number of halogens is 4. The first-order valence-electron chi connectivity index (χ1n) is 10.4. The van der Waals surface area contributed by atoms with E-state index in [4.69, 9.17) is 23.2 Å². The molecular formula is C25H16Cl2F2N2O3S. The number of hydrogen-bond donors (Lipinski definition) is 0. The van der Waals surface area contributed by atoms with Crippen LogP contribution in [0.25, 0.3) is 0 Å². The molecule has 0 bridgehead atoms. The molecule has 0 radical (unpaired) electrons. The van der Waals surface area contributed by atoms with Gasteiger partial charge in [-0.15, -0.1) is 0 Å². The van der Waals surface area contributed by atoms with E-state index in [2.05, 4.69) is 0 Å². The molecule has 0 unspecified atom stereocenters. The third-order valence-corrected chi connectivity index (χ3v) is 8.18. The highest BCUT2D eigenvalue weighted by atomic mass is 35.5. The summed E-state index contributed by atoms with van der Waals surface area (Å²) in [6, 6.07) is 18.2. The molecule has 1 aromatic heterocycles. The predicted octanol–water partition coefficient (Wildman–Crippen LogP) is 5.97. The van der Waals surface area contributed by atoms with E-state index in [1.165, 1.54) is 22.8 Å². The van der Waals surface area contributed by atoms with Crippen molar-refractivity contribution < 1.29 is 17.2 Å². The van der Waals surface area contributed by atoms with Gasteiger partial charge in [0.15, 0.2) is 11.6 Å². The molecule has 5 rings (SSSR count). The number of anilines is 1. The summed E-state index contributed by atoms with van der Waals surface area (Å²) in [5, 5.41) is 0.918. The lowest BCUT2D eigenvalue weighted by Gasteiger charge is -2.29. The summed E-state index contributed by atoms with van der Waals surface area (Å²) in [5.41, 5.74) is 0.750. The van der Waals surface area contributed by atoms with E-state index >= 15 is 0 Å². The molecule has 10 heteroatoms. The lowest BCUT2D eigenvalue weighted by atomic mass is 9.94. The Labute approximate surface area is 209 Å². The molecule has 2 atom stereocenters. The van der Waals surface area contributed by atoms with Crippen molar-refractivity contribution in [2.75, 3.05) is 4.31 Å². The Hall–Kier alpha value is -3.20. The first-order valence-corrected chi connectivity index (χ1v) is 12.6. The molecular weight excluding hydrogens is 517 g/mol. The molecule has 4 aromatic rings. The second kappa shape index (κ2) is 8.78. The van der Waals surface area contributed by atoms with E-state index in [1.807, 2.05) is 0 Å². The number of nitrogens with zero attached hydrogens (tertiary/aromatic N) is 2. The van der Waals surface area contributed by atoms with E-state index in [-0.39, 0.29) is 5.82 Å². The Bertz CT molecular complexity index is 1590. The highest BCUT2D eigenvalue weighted by Gasteiger charge is 2.47. The summed E-state index contributed by atoms with van der Waals surface area (Å²) in [7, 11) is -4.46. The van der Waals surface area contributed by atoms with Crippen molar-refractivity contribution in [3.8, 4) is 0 Å². The largest absolute Gasteiger partial charge is 0.284 e. The van der Waals surface area contributed by atoms with Gasteiger partial charge in [0.2, 0.25) is 0 Å². The molecule has 1 aliphatic rings. The van der Waals surface area contributed by atoms with Crippen molar-refractivity contribution in [3.63, 3.8) is 0 Å². The van der Waals surface area contributed by atoms with Gasteiger partial charge < -0.3 is 0 Å². The summed E-state index contributed by atoms with van der Waals surface area (Å²) in [6.07, 6.45) is 0. The van der Waals surface area contributed by atoms with Crippen LogP contribution in [-0.2, 0) is 10.0 Å². The Kier molecular flexibility index (Phi) is 5.91. The Morgan fingerprint density at radius 1 is 0.714 bits per heavy atom. The zero-order valence-electron chi connectivity index (χ0n) is 17.8. The van der Waals surface area contributed by atoms with Crippen LogP contribution in [0.4, 0.5) is 14.6 Å². The van der Waals surface area contributed by atoms with Crippen molar-refractivity contribution in [2.45, 2.75) is 17.0 Å². The number of hydrogen-bond acceptors (Lipinski definition) is 3. The summed E-state index contributed by atoms with van der Waals surface area (Å²) in [5.74, 6) is -2.38. The molecule has 3 aromatic carbocycles. The fourth-order valence-electron chi connectivity index (χ4n) is 4.35. The SMILES string of the molecule is O=c1cccc2n1[C@H](c1ccc(Cl)cc1)[C@H](c1ccc(Cl)cc1)N2S(=O)(=O)c1ccc(F)c(F)c1. The molecule has 0 saturated carbocycles. The summed E-state index contributed by atoms with van der Waals surface area (Å²) >= 11 is 12.2. The van der Waals surface area contributed by atoms with Gasteiger partial charge in [0, 0.05) is 16.1 Å². The zero-order valence-corrected chi connectivity index (χ0v) is 20.1. The fourth-order valence-corrected chi connectivity index (χ4v) is 6.26. The standard InChI is InChI=1S/C25H16Cl2F2N2O3S/c26-17-8-4-15(5-9-17)24-25(16-6-10-18(27)11-7-16)31(22-2-1-3-23(32)30(22)24)35(33,34)19-12-13-20(28)21(29)14-19/h1-14,24-25H/t24-,25+/m1/s1. The van der Waals surface area contributed by atoms with Crippen LogP contribution in [0.5, 0.6) is 0 Å². The van der Waals surface area contributed by atoms with Gasteiger partial charge in [-0.1, -0.05) is 53.5 Å². The third-order valence-electron chi connectivity index (χ3n) is 5.89. The highest BCUT2D eigenvalue weighted by Crippen LogP contribution is 2.49. The van der Waals surface area contributed by atoms with Crippen molar-refractivity contribution >= 4 is 39.0 Å². The van der Waals surface area contributed by atoms with Gasteiger partial charge in [0.05, 0.1) is 17.0 Å². The Morgan fingerprint density at radius 2 is 1.29 bits per heavy atom. The molecule has 5 nitrogen and oxygen atoms in total. The first kappa shape index (κ1) is 23.5. The lowest BCUT2D eigenvalue weighted by Crippen LogP contribution is -2.33. The van der Waals surface area contributed by atoms with Crippen molar-refractivity contribution in [2.24, 2.45) is 0 Å². The molecule has 2 heterocycles. The smallest absolute Gasteiger partial charge is 0.266 e. The van der Waals surface area contributed by atoms with Crippen molar-refractivity contribution in [1.29, 1.82) is 0 Å². The highest BCUT2D eigenvalue weighted by molar-refractivity contribution is 7.92. The molecule has 0 N–H and O–H groups in total. The predicted molar refractivity (Wildman–Crippen MR) is 131 cm³/mol. The second-order valence-electron chi connectivity index (χ2n) is 7.96. The number of benzene rings is 3. The van der Waals surface area contributed by atoms with Gasteiger partial charge >= 0.3 is 0 Å². The first-order chi connectivity index (χ1) is 16.7. The molecule has 178 valence electrons. The number of aromatic nitrogens is 1. The Balaban J connectivity index is 1.81. The van der Waals surface area contributed by atoms with E-state index < -0.39 is 44.2 Å². The average Bonchev–Trinajstić information content (AvgIpc) is 3.19. The van der Waals surface area contributed by atoms with E-state index in [1.54, 1.807) is 48.5 Å². The second-order valence-corrected chi connectivity index (χ2v) is 10.6. The molecule has 0 saturated heterocycles. The van der Waals surface area contributed by atoms with Crippen molar-refractivity contribution in [3.05, 3.63) is 128 Å². The summed E-state index contributed by atoms with van der Waals surface area (Å²) in [6.45, 7) is 0. The lowest BCUT2D eigenvalue weighted by molar-refractivity contribution is 0.503. The topological polar surface area (TPSA) is 59.4 Å². The van der Waals surface area contributed by atoms with Crippen LogP contribution in [0.15, 0.2) is 94.6 Å². The summed E-state index contributed by atoms with van der Waals surface area (Å²) in [4.78, 5) is 12.6. The molecule has 0 spiro atoms. The minimum absolute atomic E-state index is 0.0853. The number of fused-ring (bicyclic) bond motifs is 1. The Morgan fingerprint density at radius 3 is 1.86 bits per heavy atom. The van der Waals surface area contributed by atoms with Gasteiger partial charge in [0.25, 0.3) is 15.6 Å².